The third-order valence-electron chi connectivity index (χ3n) is 5.51. The maximum absolute atomic E-state index is 13.0. The molecule has 2 fully saturated rings. The second-order valence-corrected chi connectivity index (χ2v) is 7.62. The molecular weight excluding hydrogens is 321 g/mol. The Labute approximate surface area is 148 Å². The van der Waals surface area contributed by atoms with Gasteiger partial charge in [-0.3, -0.25) is 9.59 Å². The van der Waals surface area contributed by atoms with E-state index in [0.29, 0.717) is 31.7 Å². The Morgan fingerprint density at radius 2 is 1.96 bits per heavy atom. The topological polar surface area (TPSA) is 66.6 Å². The summed E-state index contributed by atoms with van der Waals surface area (Å²) in [4.78, 5) is 29.1. The van der Waals surface area contributed by atoms with Gasteiger partial charge < -0.3 is 15.5 Å². The van der Waals surface area contributed by atoms with E-state index in [1.165, 1.54) is 24.3 Å². The van der Waals surface area contributed by atoms with E-state index in [0.717, 1.165) is 25.8 Å². The Balaban J connectivity index is 1.64. The number of amides is 2. The molecule has 1 aromatic rings. The minimum absolute atomic E-state index is 0.00788. The Kier molecular flexibility index (Phi) is 5.08. The number of hydrogen-bond donors (Lipinski definition) is 1. The minimum Gasteiger partial charge on any atom is -0.342 e. The largest absolute Gasteiger partial charge is 0.342 e. The minimum atomic E-state index is -0.361. The first-order valence-corrected chi connectivity index (χ1v) is 8.95. The molecule has 0 aliphatic carbocycles. The van der Waals surface area contributed by atoms with E-state index in [1.54, 1.807) is 4.90 Å². The summed E-state index contributed by atoms with van der Waals surface area (Å²) >= 11 is 0. The average Bonchev–Trinajstić information content (AvgIpc) is 3.04. The van der Waals surface area contributed by atoms with Crippen LogP contribution in [0.15, 0.2) is 24.3 Å². The van der Waals surface area contributed by atoms with Gasteiger partial charge in [-0.1, -0.05) is 6.92 Å². The molecule has 1 aromatic carbocycles. The molecule has 2 heterocycles. The molecule has 2 saturated heterocycles. The van der Waals surface area contributed by atoms with Gasteiger partial charge in [0.2, 0.25) is 5.91 Å². The van der Waals surface area contributed by atoms with E-state index in [4.69, 9.17) is 5.73 Å². The average molecular weight is 347 g/mol. The smallest absolute Gasteiger partial charge is 0.253 e. The number of benzene rings is 1. The van der Waals surface area contributed by atoms with E-state index in [-0.39, 0.29) is 29.0 Å². The molecule has 0 radical (unpaired) electrons. The molecule has 0 spiro atoms. The van der Waals surface area contributed by atoms with Crippen molar-refractivity contribution in [2.45, 2.75) is 26.2 Å². The number of nitrogens with two attached hydrogens (primary N) is 1. The standard InChI is InChI=1S/C19H26FN3O2/c1-19(12-21)8-10-23(13-19)18(25)15-3-2-9-22(11-15)17(24)14-4-6-16(20)7-5-14/h4-7,15H,2-3,8-13,21H2,1H3. The van der Waals surface area contributed by atoms with Crippen LogP contribution in [0.2, 0.25) is 0 Å². The van der Waals surface area contributed by atoms with Crippen molar-refractivity contribution in [1.82, 2.24) is 9.80 Å². The molecule has 2 atom stereocenters. The number of piperidine rings is 1. The molecule has 25 heavy (non-hydrogen) atoms. The lowest BCUT2D eigenvalue weighted by atomic mass is 9.90. The van der Waals surface area contributed by atoms with Crippen molar-refractivity contribution in [1.29, 1.82) is 0 Å². The van der Waals surface area contributed by atoms with Gasteiger partial charge >= 0.3 is 0 Å². The van der Waals surface area contributed by atoms with Gasteiger partial charge in [0.15, 0.2) is 0 Å². The summed E-state index contributed by atoms with van der Waals surface area (Å²) in [6.45, 7) is 5.22. The number of rotatable bonds is 3. The van der Waals surface area contributed by atoms with Gasteiger partial charge in [0.1, 0.15) is 5.82 Å². The van der Waals surface area contributed by atoms with Crippen LogP contribution < -0.4 is 5.73 Å². The van der Waals surface area contributed by atoms with Gasteiger partial charge in [-0.05, 0) is 55.5 Å². The zero-order chi connectivity index (χ0) is 18.0. The monoisotopic (exact) mass is 347 g/mol. The molecular formula is C19H26FN3O2. The summed E-state index contributed by atoms with van der Waals surface area (Å²) in [6, 6.07) is 5.57. The summed E-state index contributed by atoms with van der Waals surface area (Å²) in [7, 11) is 0. The third kappa shape index (κ3) is 3.84. The van der Waals surface area contributed by atoms with E-state index in [9.17, 15) is 14.0 Å². The van der Waals surface area contributed by atoms with E-state index >= 15 is 0 Å². The first-order valence-electron chi connectivity index (χ1n) is 8.95. The zero-order valence-electron chi connectivity index (χ0n) is 14.7. The highest BCUT2D eigenvalue weighted by atomic mass is 19.1. The van der Waals surface area contributed by atoms with Crippen molar-refractivity contribution in [3.05, 3.63) is 35.6 Å². The van der Waals surface area contributed by atoms with Crippen molar-refractivity contribution in [2.24, 2.45) is 17.1 Å². The SMILES string of the molecule is CC1(CN)CCN(C(=O)C2CCCN(C(=O)c3ccc(F)cc3)C2)C1. The molecule has 2 amide bonds. The second kappa shape index (κ2) is 7.12. The number of carbonyl (C=O) groups is 2. The van der Waals surface area contributed by atoms with Gasteiger partial charge in [-0.25, -0.2) is 4.39 Å². The lowest BCUT2D eigenvalue weighted by Gasteiger charge is -2.34. The predicted molar refractivity (Wildman–Crippen MR) is 93.4 cm³/mol. The maximum Gasteiger partial charge on any atom is 0.253 e. The summed E-state index contributed by atoms with van der Waals surface area (Å²) in [5.41, 5.74) is 6.30. The number of likely N-dealkylation sites (tertiary alicyclic amines) is 2. The van der Waals surface area contributed by atoms with Crippen LogP contribution in [-0.4, -0.2) is 54.3 Å². The molecule has 5 nitrogen and oxygen atoms in total. The molecule has 2 aliphatic heterocycles. The summed E-state index contributed by atoms with van der Waals surface area (Å²) in [5, 5.41) is 0. The van der Waals surface area contributed by atoms with Crippen LogP contribution in [-0.2, 0) is 4.79 Å². The highest BCUT2D eigenvalue weighted by Crippen LogP contribution is 2.31. The van der Waals surface area contributed by atoms with Crippen molar-refractivity contribution in [2.75, 3.05) is 32.7 Å². The van der Waals surface area contributed by atoms with Crippen molar-refractivity contribution < 1.29 is 14.0 Å². The first-order chi connectivity index (χ1) is 11.9. The van der Waals surface area contributed by atoms with Crippen LogP contribution in [0.1, 0.15) is 36.5 Å². The van der Waals surface area contributed by atoms with E-state index in [1.807, 2.05) is 4.90 Å². The van der Waals surface area contributed by atoms with Gasteiger partial charge in [-0.2, -0.15) is 0 Å². The van der Waals surface area contributed by atoms with Crippen molar-refractivity contribution in [3.63, 3.8) is 0 Å². The quantitative estimate of drug-likeness (QED) is 0.908. The summed E-state index contributed by atoms with van der Waals surface area (Å²) < 4.78 is 13.0. The third-order valence-corrected chi connectivity index (χ3v) is 5.51. The molecule has 136 valence electrons. The normalized spacial score (nSPS) is 26.8. The van der Waals surface area contributed by atoms with Gasteiger partial charge in [0.25, 0.3) is 5.91 Å². The number of hydrogen-bond acceptors (Lipinski definition) is 3. The Hall–Kier alpha value is -1.95. The van der Waals surface area contributed by atoms with Crippen LogP contribution in [0.25, 0.3) is 0 Å². The molecule has 6 heteroatoms. The van der Waals surface area contributed by atoms with E-state index < -0.39 is 0 Å². The maximum atomic E-state index is 13.0. The fraction of sp³-hybridized carbons (Fsp3) is 0.579. The molecule has 0 bridgehead atoms. The van der Waals surface area contributed by atoms with Crippen LogP contribution >= 0.6 is 0 Å². The van der Waals surface area contributed by atoms with Crippen LogP contribution in [0.5, 0.6) is 0 Å². The molecule has 3 rings (SSSR count). The highest BCUT2D eigenvalue weighted by Gasteiger charge is 2.38. The van der Waals surface area contributed by atoms with Crippen molar-refractivity contribution >= 4 is 11.8 Å². The number of nitrogens with zero attached hydrogens (tertiary/aromatic N) is 2. The zero-order valence-corrected chi connectivity index (χ0v) is 14.7. The fourth-order valence-electron chi connectivity index (χ4n) is 3.77. The number of halogens is 1. The molecule has 0 aromatic heterocycles. The van der Waals surface area contributed by atoms with Crippen LogP contribution in [0, 0.1) is 17.2 Å². The summed E-state index contributed by atoms with van der Waals surface area (Å²) in [6.07, 6.45) is 2.55. The van der Waals surface area contributed by atoms with Gasteiger partial charge in [0, 0.05) is 31.7 Å². The van der Waals surface area contributed by atoms with Crippen LogP contribution in [0.3, 0.4) is 0 Å². The highest BCUT2D eigenvalue weighted by molar-refractivity contribution is 5.94. The lowest BCUT2D eigenvalue weighted by Crippen LogP contribution is -2.46. The fourth-order valence-corrected chi connectivity index (χ4v) is 3.77. The van der Waals surface area contributed by atoms with E-state index in [2.05, 4.69) is 6.92 Å². The Morgan fingerprint density at radius 1 is 1.24 bits per heavy atom. The van der Waals surface area contributed by atoms with Crippen LogP contribution in [0.4, 0.5) is 4.39 Å². The number of carbonyl (C=O) groups excluding carboxylic acids is 2. The molecule has 2 N–H and O–H groups in total. The van der Waals surface area contributed by atoms with Gasteiger partial charge in [0.05, 0.1) is 5.92 Å². The Morgan fingerprint density at radius 3 is 2.60 bits per heavy atom. The van der Waals surface area contributed by atoms with Gasteiger partial charge in [-0.15, -0.1) is 0 Å². The summed E-state index contributed by atoms with van der Waals surface area (Å²) in [5.74, 6) is -0.516. The predicted octanol–water partition coefficient (Wildman–Crippen LogP) is 1.88. The molecule has 2 unspecified atom stereocenters. The lowest BCUT2D eigenvalue weighted by molar-refractivity contribution is -0.136. The molecule has 0 saturated carbocycles. The van der Waals surface area contributed by atoms with Crippen molar-refractivity contribution in [3.8, 4) is 0 Å². The second-order valence-electron chi connectivity index (χ2n) is 7.62. The Bertz CT molecular complexity index is 649. The molecule has 2 aliphatic rings. The first kappa shape index (κ1) is 17.9.